The molecule has 0 aliphatic rings. The summed E-state index contributed by atoms with van der Waals surface area (Å²) in [5.74, 6) is -0.874. The van der Waals surface area contributed by atoms with Crippen molar-refractivity contribution in [1.82, 2.24) is 0 Å². The maximum absolute atomic E-state index is 13.0. The van der Waals surface area contributed by atoms with Crippen molar-refractivity contribution in [1.29, 1.82) is 0 Å². The van der Waals surface area contributed by atoms with Gasteiger partial charge in [-0.1, -0.05) is 11.6 Å². The van der Waals surface area contributed by atoms with Crippen molar-refractivity contribution in [3.63, 3.8) is 0 Å². The van der Waals surface area contributed by atoms with Crippen molar-refractivity contribution >= 4 is 28.7 Å². The van der Waals surface area contributed by atoms with E-state index in [0.717, 1.165) is 0 Å². The fraction of sp³-hybridized carbons (Fsp3) is 0. The first kappa shape index (κ1) is 11.7. The summed E-state index contributed by atoms with van der Waals surface area (Å²) in [6, 6.07) is 7.75. The molecule has 0 bridgehead atoms. The molecule has 17 heavy (non-hydrogen) atoms. The number of rotatable bonds is 2. The van der Waals surface area contributed by atoms with Crippen molar-refractivity contribution < 1.29 is 8.78 Å². The molecule has 88 valence electrons. The largest absolute Gasteiger partial charge is 0.397 e. The fourth-order valence-electron chi connectivity index (χ4n) is 1.38. The van der Waals surface area contributed by atoms with Gasteiger partial charge >= 0.3 is 0 Å². The summed E-state index contributed by atoms with van der Waals surface area (Å²) in [6.07, 6.45) is 0. The predicted molar refractivity (Wildman–Crippen MR) is 65.5 cm³/mol. The van der Waals surface area contributed by atoms with Gasteiger partial charge in [-0.25, -0.2) is 8.78 Å². The minimum Gasteiger partial charge on any atom is -0.397 e. The Morgan fingerprint density at radius 3 is 2.24 bits per heavy atom. The van der Waals surface area contributed by atoms with Crippen molar-refractivity contribution in [2.75, 3.05) is 11.1 Å². The van der Waals surface area contributed by atoms with E-state index in [1.807, 2.05) is 0 Å². The highest BCUT2D eigenvalue weighted by Crippen LogP contribution is 2.29. The quantitative estimate of drug-likeness (QED) is 0.797. The lowest BCUT2D eigenvalue weighted by atomic mass is 10.2. The van der Waals surface area contributed by atoms with Gasteiger partial charge in [0.15, 0.2) is 0 Å². The van der Waals surface area contributed by atoms with Crippen LogP contribution < -0.4 is 11.1 Å². The van der Waals surface area contributed by atoms with Crippen LogP contribution in [0, 0.1) is 11.6 Å². The van der Waals surface area contributed by atoms with Crippen LogP contribution in [0.15, 0.2) is 36.4 Å². The molecule has 0 heterocycles. The lowest BCUT2D eigenvalue weighted by molar-refractivity contribution is 0.628. The number of benzene rings is 2. The molecule has 3 N–H and O–H groups in total. The average molecular weight is 255 g/mol. The van der Waals surface area contributed by atoms with Crippen LogP contribution in [-0.2, 0) is 0 Å². The van der Waals surface area contributed by atoms with Crippen LogP contribution in [0.2, 0.25) is 5.02 Å². The monoisotopic (exact) mass is 254 g/mol. The molecular formula is C12H9ClF2N2. The maximum atomic E-state index is 13.0. The van der Waals surface area contributed by atoms with Gasteiger partial charge in [-0.2, -0.15) is 0 Å². The topological polar surface area (TPSA) is 38.0 Å². The molecule has 2 aromatic carbocycles. The third-order valence-corrected chi connectivity index (χ3v) is 2.54. The van der Waals surface area contributed by atoms with Crippen LogP contribution in [0.1, 0.15) is 0 Å². The molecule has 0 saturated heterocycles. The SMILES string of the molecule is Nc1ccc(F)cc1Nc1cc(F)ccc1Cl. The summed E-state index contributed by atoms with van der Waals surface area (Å²) in [5, 5.41) is 3.11. The van der Waals surface area contributed by atoms with E-state index in [0.29, 0.717) is 22.1 Å². The van der Waals surface area contributed by atoms with Crippen LogP contribution in [0.25, 0.3) is 0 Å². The van der Waals surface area contributed by atoms with Crippen molar-refractivity contribution in [2.45, 2.75) is 0 Å². The van der Waals surface area contributed by atoms with Gasteiger partial charge in [0.05, 0.1) is 22.1 Å². The van der Waals surface area contributed by atoms with E-state index < -0.39 is 11.6 Å². The Bertz CT molecular complexity index is 509. The second-order valence-electron chi connectivity index (χ2n) is 3.48. The summed E-state index contributed by atoms with van der Waals surface area (Å²) in [4.78, 5) is 0. The predicted octanol–water partition coefficient (Wildman–Crippen LogP) is 3.94. The van der Waals surface area contributed by atoms with Gasteiger partial charge in [-0.15, -0.1) is 0 Å². The zero-order valence-corrected chi connectivity index (χ0v) is 9.43. The lowest BCUT2D eigenvalue weighted by Crippen LogP contribution is -1.98. The standard InChI is InChI=1S/C12H9ClF2N2/c13-9-3-1-7(14)5-11(9)17-12-6-8(15)2-4-10(12)16/h1-6,17H,16H2. The van der Waals surface area contributed by atoms with E-state index in [-0.39, 0.29) is 0 Å². The molecule has 0 aliphatic heterocycles. The minimum absolute atomic E-state index is 0.329. The third-order valence-electron chi connectivity index (χ3n) is 2.21. The van der Waals surface area contributed by atoms with E-state index in [2.05, 4.69) is 5.32 Å². The molecule has 2 aromatic rings. The summed E-state index contributed by atoms with van der Waals surface area (Å²) >= 11 is 5.87. The van der Waals surface area contributed by atoms with Crippen LogP contribution in [0.5, 0.6) is 0 Å². The van der Waals surface area contributed by atoms with Crippen LogP contribution in [0.3, 0.4) is 0 Å². The number of nitrogen functional groups attached to an aromatic ring is 1. The molecule has 5 heteroatoms. The van der Waals surface area contributed by atoms with Gasteiger partial charge in [-0.05, 0) is 36.4 Å². The first-order chi connectivity index (χ1) is 8.06. The van der Waals surface area contributed by atoms with Gasteiger partial charge in [0, 0.05) is 0 Å². The fourth-order valence-corrected chi connectivity index (χ4v) is 1.54. The highest BCUT2D eigenvalue weighted by molar-refractivity contribution is 6.33. The maximum Gasteiger partial charge on any atom is 0.125 e. The second kappa shape index (κ2) is 4.59. The zero-order valence-electron chi connectivity index (χ0n) is 8.68. The lowest BCUT2D eigenvalue weighted by Gasteiger charge is -2.10. The molecule has 0 amide bonds. The normalized spacial score (nSPS) is 10.3. The number of hydrogen-bond acceptors (Lipinski definition) is 2. The Labute approximate surface area is 102 Å². The molecule has 0 aromatic heterocycles. The van der Waals surface area contributed by atoms with Gasteiger partial charge in [-0.3, -0.25) is 0 Å². The number of halogens is 3. The Morgan fingerprint density at radius 2 is 1.53 bits per heavy atom. The van der Waals surface area contributed by atoms with Crippen molar-refractivity contribution in [3.8, 4) is 0 Å². The van der Waals surface area contributed by atoms with Gasteiger partial charge in [0.2, 0.25) is 0 Å². The van der Waals surface area contributed by atoms with Gasteiger partial charge in [0.1, 0.15) is 11.6 Å². The van der Waals surface area contributed by atoms with E-state index in [1.54, 1.807) is 0 Å². The Morgan fingerprint density at radius 1 is 0.941 bits per heavy atom. The molecule has 0 radical (unpaired) electrons. The molecule has 2 rings (SSSR count). The van der Waals surface area contributed by atoms with Crippen molar-refractivity contribution in [3.05, 3.63) is 53.1 Å². The van der Waals surface area contributed by atoms with E-state index in [4.69, 9.17) is 17.3 Å². The highest BCUT2D eigenvalue weighted by atomic mass is 35.5. The molecule has 0 saturated carbocycles. The molecule has 0 aliphatic carbocycles. The number of anilines is 3. The van der Waals surface area contributed by atoms with E-state index in [9.17, 15) is 8.78 Å². The van der Waals surface area contributed by atoms with Crippen LogP contribution in [0.4, 0.5) is 25.8 Å². The summed E-state index contributed by atoms with van der Waals surface area (Å²) in [6.45, 7) is 0. The van der Waals surface area contributed by atoms with Crippen molar-refractivity contribution in [2.24, 2.45) is 0 Å². The molecular weight excluding hydrogens is 246 g/mol. The summed E-state index contributed by atoms with van der Waals surface area (Å²) in [5.41, 5.74) is 6.69. The smallest absolute Gasteiger partial charge is 0.125 e. The molecule has 0 fully saturated rings. The second-order valence-corrected chi connectivity index (χ2v) is 3.89. The number of nitrogens with two attached hydrogens (primary N) is 1. The first-order valence-electron chi connectivity index (χ1n) is 4.83. The highest BCUT2D eigenvalue weighted by Gasteiger charge is 2.06. The van der Waals surface area contributed by atoms with E-state index in [1.165, 1.54) is 36.4 Å². The molecule has 0 atom stereocenters. The molecule has 0 spiro atoms. The Hall–Kier alpha value is -1.81. The van der Waals surface area contributed by atoms with E-state index >= 15 is 0 Å². The van der Waals surface area contributed by atoms with Gasteiger partial charge in [0.25, 0.3) is 0 Å². The number of hydrogen-bond donors (Lipinski definition) is 2. The summed E-state index contributed by atoms with van der Waals surface area (Å²) < 4.78 is 26.1. The zero-order chi connectivity index (χ0) is 12.4. The average Bonchev–Trinajstić information content (AvgIpc) is 2.28. The first-order valence-corrected chi connectivity index (χ1v) is 5.21. The summed E-state index contributed by atoms with van der Waals surface area (Å²) in [7, 11) is 0. The minimum atomic E-state index is -0.438. The molecule has 0 unspecified atom stereocenters. The third kappa shape index (κ3) is 2.65. The number of nitrogens with one attached hydrogen (secondary N) is 1. The Balaban J connectivity index is 2.37. The Kier molecular flexibility index (Phi) is 3.15. The van der Waals surface area contributed by atoms with Crippen LogP contribution >= 0.6 is 11.6 Å². The van der Waals surface area contributed by atoms with Crippen LogP contribution in [-0.4, -0.2) is 0 Å². The van der Waals surface area contributed by atoms with Gasteiger partial charge < -0.3 is 11.1 Å². The molecule has 2 nitrogen and oxygen atoms in total.